The quantitative estimate of drug-likeness (QED) is 0.165. The van der Waals surface area contributed by atoms with E-state index < -0.39 is 6.10 Å². The molecule has 168 valence electrons. The number of hydrogen-bond donors (Lipinski definition) is 1. The van der Waals surface area contributed by atoms with E-state index >= 15 is 0 Å². The van der Waals surface area contributed by atoms with Crippen molar-refractivity contribution in [1.82, 2.24) is 0 Å². The van der Waals surface area contributed by atoms with Gasteiger partial charge in [-0.1, -0.05) is 104 Å². The predicted molar refractivity (Wildman–Crippen MR) is 118 cm³/mol. The second kappa shape index (κ2) is 22.7. The van der Waals surface area contributed by atoms with Gasteiger partial charge in [-0.2, -0.15) is 0 Å². The molecule has 0 aromatic heterocycles. The average Bonchev–Trinajstić information content (AvgIpc) is 2.70. The highest BCUT2D eigenvalue weighted by Gasteiger charge is 2.13. The van der Waals surface area contributed by atoms with E-state index in [9.17, 15) is 9.90 Å². The van der Waals surface area contributed by atoms with Crippen molar-refractivity contribution in [3.8, 4) is 0 Å². The van der Waals surface area contributed by atoms with Crippen LogP contribution in [0.2, 0.25) is 0 Å². The molecule has 0 aliphatic carbocycles. The lowest BCUT2D eigenvalue weighted by Crippen LogP contribution is -2.27. The molecule has 28 heavy (non-hydrogen) atoms. The zero-order valence-electron chi connectivity index (χ0n) is 18.9. The Morgan fingerprint density at radius 2 is 1.18 bits per heavy atom. The fourth-order valence-electron chi connectivity index (χ4n) is 3.32. The molecule has 0 aliphatic rings. The zero-order chi connectivity index (χ0) is 20.7. The second-order valence-electron chi connectivity index (χ2n) is 8.07. The predicted octanol–water partition coefficient (Wildman–Crippen LogP) is 6.58. The van der Waals surface area contributed by atoms with Crippen molar-refractivity contribution in [3.63, 3.8) is 0 Å². The number of aliphatic hydroxyl groups excluding tert-OH is 1. The van der Waals surface area contributed by atoms with Crippen LogP contribution in [-0.2, 0) is 14.3 Å². The first-order valence-electron chi connectivity index (χ1n) is 12.1. The molecular formula is C24H48O4. The van der Waals surface area contributed by atoms with Gasteiger partial charge in [0, 0.05) is 13.0 Å². The van der Waals surface area contributed by atoms with Crippen LogP contribution in [0.25, 0.3) is 0 Å². The Balaban J connectivity index is 3.33. The highest BCUT2D eigenvalue weighted by atomic mass is 16.6. The van der Waals surface area contributed by atoms with Crippen molar-refractivity contribution in [3.05, 3.63) is 0 Å². The van der Waals surface area contributed by atoms with Crippen LogP contribution in [0.4, 0.5) is 0 Å². The molecule has 0 heterocycles. The van der Waals surface area contributed by atoms with Crippen LogP contribution in [0, 0.1) is 0 Å². The highest BCUT2D eigenvalue weighted by Crippen LogP contribution is 2.12. The molecule has 0 aromatic rings. The van der Waals surface area contributed by atoms with Crippen LogP contribution in [0.3, 0.4) is 0 Å². The van der Waals surface area contributed by atoms with E-state index in [1.165, 1.54) is 77.0 Å². The molecule has 0 fully saturated rings. The number of unbranched alkanes of at least 4 members (excludes halogenated alkanes) is 14. The van der Waals surface area contributed by atoms with Gasteiger partial charge in [0.05, 0.1) is 13.2 Å². The van der Waals surface area contributed by atoms with E-state index in [-0.39, 0.29) is 12.6 Å². The molecule has 4 nitrogen and oxygen atoms in total. The van der Waals surface area contributed by atoms with Crippen LogP contribution in [0.1, 0.15) is 123 Å². The molecule has 0 saturated carbocycles. The standard InChI is InChI=1S/C24H48O4/c1-3-5-7-8-9-10-11-12-13-14-15-16-18-20-27-22-23(21-25)28-24(26)19-17-6-4-2/h23,25H,3-22H2,1-2H3. The fourth-order valence-corrected chi connectivity index (χ4v) is 3.32. The van der Waals surface area contributed by atoms with Crippen LogP contribution in [0.5, 0.6) is 0 Å². The Kier molecular flexibility index (Phi) is 22.2. The minimum absolute atomic E-state index is 0.169. The van der Waals surface area contributed by atoms with Crippen molar-refractivity contribution in [2.45, 2.75) is 129 Å². The lowest BCUT2D eigenvalue weighted by molar-refractivity contribution is -0.154. The lowest BCUT2D eigenvalue weighted by atomic mass is 10.0. The summed E-state index contributed by atoms with van der Waals surface area (Å²) in [7, 11) is 0. The first-order chi connectivity index (χ1) is 13.7. The number of rotatable bonds is 22. The molecular weight excluding hydrogens is 352 g/mol. The minimum Gasteiger partial charge on any atom is -0.457 e. The Bertz CT molecular complexity index is 320. The average molecular weight is 401 g/mol. The van der Waals surface area contributed by atoms with Crippen LogP contribution < -0.4 is 0 Å². The molecule has 0 aliphatic heterocycles. The summed E-state index contributed by atoms with van der Waals surface area (Å²) in [6.45, 7) is 5.19. The smallest absolute Gasteiger partial charge is 0.306 e. The SMILES string of the molecule is CCCCCCCCCCCCCCCOCC(CO)OC(=O)CCCCC. The monoisotopic (exact) mass is 400 g/mol. The van der Waals surface area contributed by atoms with Gasteiger partial charge in [-0.25, -0.2) is 0 Å². The molecule has 0 radical (unpaired) electrons. The van der Waals surface area contributed by atoms with Crippen molar-refractivity contribution >= 4 is 5.97 Å². The molecule has 0 rings (SSSR count). The van der Waals surface area contributed by atoms with Gasteiger partial charge in [-0.05, 0) is 12.8 Å². The zero-order valence-corrected chi connectivity index (χ0v) is 18.9. The van der Waals surface area contributed by atoms with Gasteiger partial charge in [-0.3, -0.25) is 4.79 Å². The number of esters is 1. The Morgan fingerprint density at radius 3 is 1.68 bits per heavy atom. The number of carbonyl (C=O) groups excluding carboxylic acids is 1. The third-order valence-corrected chi connectivity index (χ3v) is 5.18. The topological polar surface area (TPSA) is 55.8 Å². The molecule has 1 N–H and O–H groups in total. The maximum atomic E-state index is 11.7. The van der Waals surface area contributed by atoms with Crippen LogP contribution >= 0.6 is 0 Å². The normalized spacial score (nSPS) is 12.2. The van der Waals surface area contributed by atoms with Gasteiger partial charge in [-0.15, -0.1) is 0 Å². The maximum absolute atomic E-state index is 11.7. The number of aliphatic hydroxyl groups is 1. The molecule has 0 amide bonds. The van der Waals surface area contributed by atoms with Gasteiger partial charge in [0.15, 0.2) is 0 Å². The maximum Gasteiger partial charge on any atom is 0.306 e. The van der Waals surface area contributed by atoms with E-state index in [1.807, 2.05) is 0 Å². The van der Waals surface area contributed by atoms with E-state index in [2.05, 4.69) is 13.8 Å². The Labute approximate surface area is 174 Å². The molecule has 1 unspecified atom stereocenters. The Hall–Kier alpha value is -0.610. The van der Waals surface area contributed by atoms with E-state index in [0.717, 1.165) is 25.7 Å². The summed E-state index contributed by atoms with van der Waals surface area (Å²) in [6.07, 6.45) is 20.2. The van der Waals surface area contributed by atoms with Gasteiger partial charge < -0.3 is 14.6 Å². The molecule has 0 bridgehead atoms. The first kappa shape index (κ1) is 27.4. The molecule has 0 aromatic carbocycles. The molecule has 1 atom stereocenters. The first-order valence-corrected chi connectivity index (χ1v) is 12.1. The van der Waals surface area contributed by atoms with Crippen molar-refractivity contribution in [2.75, 3.05) is 19.8 Å². The van der Waals surface area contributed by atoms with Gasteiger partial charge in [0.25, 0.3) is 0 Å². The van der Waals surface area contributed by atoms with E-state index in [0.29, 0.717) is 19.6 Å². The number of carbonyl (C=O) groups is 1. The number of hydrogen-bond acceptors (Lipinski definition) is 4. The second-order valence-corrected chi connectivity index (χ2v) is 8.07. The third-order valence-electron chi connectivity index (χ3n) is 5.18. The summed E-state index contributed by atoms with van der Waals surface area (Å²) in [4.78, 5) is 11.7. The van der Waals surface area contributed by atoms with Crippen molar-refractivity contribution in [2.24, 2.45) is 0 Å². The molecule has 0 spiro atoms. The Morgan fingerprint density at radius 1 is 0.714 bits per heavy atom. The van der Waals surface area contributed by atoms with Gasteiger partial charge in [0.1, 0.15) is 6.10 Å². The minimum atomic E-state index is -0.518. The number of ether oxygens (including phenoxy) is 2. The van der Waals surface area contributed by atoms with Crippen LogP contribution in [-0.4, -0.2) is 37.0 Å². The molecule has 4 heteroatoms. The van der Waals surface area contributed by atoms with Crippen LogP contribution in [0.15, 0.2) is 0 Å². The van der Waals surface area contributed by atoms with Gasteiger partial charge >= 0.3 is 5.97 Å². The summed E-state index contributed by atoms with van der Waals surface area (Å²) < 4.78 is 10.8. The van der Waals surface area contributed by atoms with E-state index in [1.54, 1.807) is 0 Å². The largest absolute Gasteiger partial charge is 0.457 e. The summed E-state index contributed by atoms with van der Waals surface area (Å²) in [5, 5.41) is 9.30. The molecule has 0 saturated heterocycles. The van der Waals surface area contributed by atoms with Gasteiger partial charge in [0.2, 0.25) is 0 Å². The summed E-state index contributed by atoms with van der Waals surface area (Å²) in [5.74, 6) is -0.225. The van der Waals surface area contributed by atoms with E-state index in [4.69, 9.17) is 9.47 Å². The van der Waals surface area contributed by atoms with Crippen molar-refractivity contribution < 1.29 is 19.4 Å². The third kappa shape index (κ3) is 20.1. The lowest BCUT2D eigenvalue weighted by Gasteiger charge is -2.15. The highest BCUT2D eigenvalue weighted by molar-refractivity contribution is 5.69. The fraction of sp³-hybridized carbons (Fsp3) is 0.958. The summed E-state index contributed by atoms with van der Waals surface area (Å²) >= 11 is 0. The summed E-state index contributed by atoms with van der Waals surface area (Å²) in [5.41, 5.74) is 0. The van der Waals surface area contributed by atoms with Crippen molar-refractivity contribution in [1.29, 1.82) is 0 Å². The summed E-state index contributed by atoms with van der Waals surface area (Å²) in [6, 6.07) is 0.